The van der Waals surface area contributed by atoms with Gasteiger partial charge in [-0.3, -0.25) is 4.79 Å². The zero-order chi connectivity index (χ0) is 17.7. The smallest absolute Gasteiger partial charge is 0.167 e. The van der Waals surface area contributed by atoms with E-state index in [0.717, 1.165) is 33.9 Å². The van der Waals surface area contributed by atoms with Crippen LogP contribution in [0.3, 0.4) is 0 Å². The van der Waals surface area contributed by atoms with E-state index in [4.69, 9.17) is 9.40 Å². The molecule has 0 amide bonds. The number of hydrogen-bond donors (Lipinski definition) is 0. The van der Waals surface area contributed by atoms with Gasteiger partial charge in [0.15, 0.2) is 11.4 Å². The second-order valence-electron chi connectivity index (χ2n) is 6.74. The molecular formula is C21H17N3O2. The van der Waals surface area contributed by atoms with Gasteiger partial charge in [0.1, 0.15) is 5.76 Å². The Bertz CT molecular complexity index is 1110. The lowest BCUT2D eigenvalue weighted by Gasteiger charge is -2.21. The third-order valence-electron chi connectivity index (χ3n) is 5.04. The monoisotopic (exact) mass is 343 g/mol. The first kappa shape index (κ1) is 15.1. The van der Waals surface area contributed by atoms with E-state index in [1.54, 1.807) is 10.8 Å². The quantitative estimate of drug-likeness (QED) is 0.547. The van der Waals surface area contributed by atoms with Crippen LogP contribution in [-0.2, 0) is 6.42 Å². The number of nitrogens with zero attached hydrogens (tertiary/aromatic N) is 3. The number of ketones is 1. The molecule has 26 heavy (non-hydrogen) atoms. The first-order chi connectivity index (χ1) is 12.7. The maximum atomic E-state index is 12.7. The molecule has 0 saturated carbocycles. The van der Waals surface area contributed by atoms with Crippen molar-refractivity contribution in [3.05, 3.63) is 77.6 Å². The van der Waals surface area contributed by atoms with E-state index in [9.17, 15) is 4.79 Å². The van der Waals surface area contributed by atoms with Crippen LogP contribution in [0.1, 0.15) is 39.8 Å². The molecule has 1 aliphatic carbocycles. The molecule has 0 bridgehead atoms. The number of hydrogen-bond acceptors (Lipinski definition) is 4. The Kier molecular flexibility index (Phi) is 3.28. The molecule has 5 rings (SSSR count). The molecule has 0 saturated heterocycles. The third-order valence-corrected chi connectivity index (χ3v) is 5.04. The van der Waals surface area contributed by atoms with Crippen molar-refractivity contribution in [3.63, 3.8) is 0 Å². The minimum absolute atomic E-state index is 0.0455. The molecule has 0 N–H and O–H groups in total. The number of aryl methyl sites for hydroxylation is 1. The van der Waals surface area contributed by atoms with Gasteiger partial charge in [0, 0.05) is 30.5 Å². The molecule has 0 spiro atoms. The van der Waals surface area contributed by atoms with E-state index in [0.29, 0.717) is 18.4 Å². The van der Waals surface area contributed by atoms with Crippen molar-refractivity contribution in [2.45, 2.75) is 25.7 Å². The van der Waals surface area contributed by atoms with Crippen LogP contribution in [0.5, 0.6) is 0 Å². The van der Waals surface area contributed by atoms with Gasteiger partial charge in [-0.05, 0) is 24.6 Å². The Hall–Kier alpha value is -3.21. The Morgan fingerprint density at radius 1 is 1.12 bits per heavy atom. The molecule has 1 aromatic carbocycles. The Morgan fingerprint density at radius 3 is 2.73 bits per heavy atom. The Balaban J connectivity index is 1.67. The van der Waals surface area contributed by atoms with Crippen LogP contribution in [0.15, 0.2) is 59.3 Å². The molecule has 1 atom stereocenters. The average Bonchev–Trinajstić information content (AvgIpc) is 3.28. The summed E-state index contributed by atoms with van der Waals surface area (Å²) in [7, 11) is 0. The van der Waals surface area contributed by atoms with Crippen molar-refractivity contribution in [1.82, 2.24) is 14.6 Å². The molecule has 5 nitrogen and oxygen atoms in total. The highest BCUT2D eigenvalue weighted by Gasteiger charge is 2.30. The molecule has 4 aromatic rings. The maximum absolute atomic E-state index is 12.7. The van der Waals surface area contributed by atoms with Crippen LogP contribution < -0.4 is 0 Å². The fourth-order valence-electron chi connectivity index (χ4n) is 3.81. The molecule has 3 heterocycles. The van der Waals surface area contributed by atoms with Crippen molar-refractivity contribution in [2.24, 2.45) is 0 Å². The van der Waals surface area contributed by atoms with Crippen LogP contribution in [0, 0.1) is 6.92 Å². The predicted molar refractivity (Wildman–Crippen MR) is 97.3 cm³/mol. The van der Waals surface area contributed by atoms with E-state index in [1.807, 2.05) is 43.5 Å². The fourth-order valence-corrected chi connectivity index (χ4v) is 3.81. The summed E-state index contributed by atoms with van der Waals surface area (Å²) in [6.07, 6.45) is 4.63. The second-order valence-corrected chi connectivity index (χ2v) is 6.74. The molecule has 5 heteroatoms. The van der Waals surface area contributed by atoms with Gasteiger partial charge in [-0.25, -0.2) is 9.50 Å². The van der Waals surface area contributed by atoms with Crippen molar-refractivity contribution < 1.29 is 9.21 Å². The highest BCUT2D eigenvalue weighted by Crippen LogP contribution is 2.34. The van der Waals surface area contributed by atoms with Crippen LogP contribution >= 0.6 is 0 Å². The van der Waals surface area contributed by atoms with Gasteiger partial charge in [0.05, 0.1) is 23.2 Å². The Labute approximate surface area is 150 Å². The first-order valence-electron chi connectivity index (χ1n) is 8.71. The summed E-state index contributed by atoms with van der Waals surface area (Å²) in [5.41, 5.74) is 5.29. The number of aromatic nitrogens is 3. The zero-order valence-corrected chi connectivity index (χ0v) is 14.3. The molecule has 1 aliphatic rings. The number of benzene rings is 1. The van der Waals surface area contributed by atoms with E-state index in [1.165, 1.54) is 0 Å². The van der Waals surface area contributed by atoms with Gasteiger partial charge >= 0.3 is 0 Å². The first-order valence-corrected chi connectivity index (χ1v) is 8.71. The largest absolute Gasteiger partial charge is 0.469 e. The van der Waals surface area contributed by atoms with Crippen molar-refractivity contribution in [1.29, 1.82) is 0 Å². The molecule has 3 aromatic heterocycles. The molecule has 0 radical (unpaired) electrons. The standard InChI is InChI=1S/C21H17N3O2/c1-13-20(14-6-3-2-4-7-14)21-22-17-10-15(19-8-5-9-26-19)11-18(25)16(17)12-24(21)23-13/h2-9,12,15H,10-11H2,1H3. The summed E-state index contributed by atoms with van der Waals surface area (Å²) >= 11 is 0. The van der Waals surface area contributed by atoms with E-state index in [2.05, 4.69) is 17.2 Å². The van der Waals surface area contributed by atoms with E-state index < -0.39 is 0 Å². The second kappa shape index (κ2) is 5.66. The third kappa shape index (κ3) is 2.28. The molecular weight excluding hydrogens is 326 g/mol. The lowest BCUT2D eigenvalue weighted by Crippen LogP contribution is -2.21. The maximum Gasteiger partial charge on any atom is 0.167 e. The van der Waals surface area contributed by atoms with E-state index in [-0.39, 0.29) is 11.7 Å². The summed E-state index contributed by atoms with van der Waals surface area (Å²) in [6.45, 7) is 1.98. The highest BCUT2D eigenvalue weighted by atomic mass is 16.3. The van der Waals surface area contributed by atoms with Gasteiger partial charge in [-0.1, -0.05) is 30.3 Å². The van der Waals surface area contributed by atoms with Crippen LogP contribution in [0.2, 0.25) is 0 Å². The summed E-state index contributed by atoms with van der Waals surface area (Å²) < 4.78 is 7.26. The lowest BCUT2D eigenvalue weighted by atomic mass is 9.85. The molecule has 0 aliphatic heterocycles. The lowest BCUT2D eigenvalue weighted by molar-refractivity contribution is 0.0958. The van der Waals surface area contributed by atoms with Crippen molar-refractivity contribution in [2.75, 3.05) is 0 Å². The molecule has 128 valence electrons. The SMILES string of the molecule is Cc1nn2cc3c(nc2c1-c1ccccc1)CC(c1ccco1)CC3=O. The average molecular weight is 343 g/mol. The summed E-state index contributed by atoms with van der Waals surface area (Å²) in [6, 6.07) is 13.9. The van der Waals surface area contributed by atoms with Crippen molar-refractivity contribution >= 4 is 11.4 Å². The summed E-state index contributed by atoms with van der Waals surface area (Å²) in [5, 5.41) is 4.58. The number of Topliss-reactive ketones (excluding diaryl/α,β-unsaturated/α-hetero) is 1. The fraction of sp³-hybridized carbons (Fsp3) is 0.190. The van der Waals surface area contributed by atoms with Crippen LogP contribution in [0.4, 0.5) is 0 Å². The number of rotatable bonds is 2. The van der Waals surface area contributed by atoms with Crippen LogP contribution in [-0.4, -0.2) is 20.4 Å². The highest BCUT2D eigenvalue weighted by molar-refractivity contribution is 5.99. The number of carbonyl (C=O) groups is 1. The molecule has 0 fully saturated rings. The summed E-state index contributed by atoms with van der Waals surface area (Å²) in [5.74, 6) is 0.985. The van der Waals surface area contributed by atoms with Gasteiger partial charge in [-0.2, -0.15) is 5.10 Å². The van der Waals surface area contributed by atoms with Gasteiger partial charge in [0.2, 0.25) is 0 Å². The number of carbonyl (C=O) groups excluding carboxylic acids is 1. The minimum atomic E-state index is 0.0455. The zero-order valence-electron chi connectivity index (χ0n) is 14.3. The minimum Gasteiger partial charge on any atom is -0.469 e. The molecule has 1 unspecified atom stereocenters. The van der Waals surface area contributed by atoms with E-state index >= 15 is 0 Å². The van der Waals surface area contributed by atoms with Gasteiger partial charge < -0.3 is 4.42 Å². The number of fused-ring (bicyclic) bond motifs is 2. The van der Waals surface area contributed by atoms with Crippen molar-refractivity contribution in [3.8, 4) is 11.1 Å². The number of furan rings is 1. The summed E-state index contributed by atoms with van der Waals surface area (Å²) in [4.78, 5) is 17.5. The topological polar surface area (TPSA) is 60.4 Å². The van der Waals surface area contributed by atoms with Gasteiger partial charge in [0.25, 0.3) is 0 Å². The van der Waals surface area contributed by atoms with Crippen LogP contribution in [0.25, 0.3) is 16.8 Å². The van der Waals surface area contributed by atoms with Gasteiger partial charge in [-0.15, -0.1) is 0 Å². The Morgan fingerprint density at radius 2 is 1.96 bits per heavy atom. The normalized spacial score (nSPS) is 16.8. The predicted octanol–water partition coefficient (Wildman–Crippen LogP) is 4.21.